The van der Waals surface area contributed by atoms with Crippen LogP contribution in [-0.4, -0.2) is 60.4 Å². The molecule has 0 bridgehead atoms. The lowest BCUT2D eigenvalue weighted by Gasteiger charge is -2.36. The van der Waals surface area contributed by atoms with Crippen molar-refractivity contribution in [3.8, 4) is 0 Å². The molecule has 1 N–H and O–H groups in total. The fraction of sp³-hybridized carbons (Fsp3) is 0.429. The molecule has 2 atom stereocenters. The Bertz CT molecular complexity index is 786. The highest BCUT2D eigenvalue weighted by Crippen LogP contribution is 2.40. The van der Waals surface area contributed by atoms with Crippen LogP contribution >= 0.6 is 24.0 Å². The van der Waals surface area contributed by atoms with Crippen LogP contribution in [-0.2, 0) is 0 Å². The maximum atomic E-state index is 12.4. The van der Waals surface area contributed by atoms with E-state index >= 15 is 0 Å². The summed E-state index contributed by atoms with van der Waals surface area (Å²) in [6.07, 6.45) is 2.68. The number of carbonyl (C=O) groups excluding carboxylic acids is 1. The van der Waals surface area contributed by atoms with Gasteiger partial charge in [0, 0.05) is 44.7 Å². The first-order valence-electron chi connectivity index (χ1n) is 9.70. The Labute approximate surface area is 183 Å². The zero-order chi connectivity index (χ0) is 18.6. The third-order valence-corrected chi connectivity index (χ3v) is 5.24. The minimum absolute atomic E-state index is 0. The molecule has 1 saturated carbocycles. The first-order chi connectivity index (χ1) is 13.3. The van der Waals surface area contributed by atoms with Gasteiger partial charge in [0.25, 0.3) is 5.91 Å². The summed E-state index contributed by atoms with van der Waals surface area (Å²) in [5, 5.41) is 3.64. The Morgan fingerprint density at radius 2 is 1.82 bits per heavy atom. The molecule has 0 radical (unpaired) electrons. The first kappa shape index (κ1) is 20.7. The molecule has 2 aromatic rings. The Hall–Kier alpha value is -2.03. The molecule has 1 aliphatic carbocycles. The highest BCUT2D eigenvalue weighted by Gasteiger charge is 2.39. The number of rotatable bonds is 4. The van der Waals surface area contributed by atoms with Crippen molar-refractivity contribution in [3.63, 3.8) is 0 Å². The van der Waals surface area contributed by atoms with Crippen molar-refractivity contribution in [2.24, 2.45) is 4.99 Å². The maximum absolute atomic E-state index is 12.4. The van der Waals surface area contributed by atoms with Gasteiger partial charge in [-0.15, -0.1) is 24.0 Å². The van der Waals surface area contributed by atoms with Crippen molar-refractivity contribution in [1.29, 1.82) is 0 Å². The van der Waals surface area contributed by atoms with Crippen LogP contribution in [0.4, 0.5) is 0 Å². The summed E-state index contributed by atoms with van der Waals surface area (Å²) in [7, 11) is 0. The van der Waals surface area contributed by atoms with Gasteiger partial charge in [-0.2, -0.15) is 0 Å². The van der Waals surface area contributed by atoms with E-state index in [0.29, 0.717) is 30.8 Å². The van der Waals surface area contributed by atoms with E-state index in [0.717, 1.165) is 32.0 Å². The van der Waals surface area contributed by atoms with Crippen molar-refractivity contribution in [2.45, 2.75) is 25.3 Å². The number of benzene rings is 1. The average Bonchev–Trinajstić information content (AvgIpc) is 3.26. The molecule has 1 aliphatic heterocycles. The summed E-state index contributed by atoms with van der Waals surface area (Å²) in [6, 6.07) is 14.6. The van der Waals surface area contributed by atoms with E-state index in [-0.39, 0.29) is 29.9 Å². The molecule has 1 aromatic heterocycles. The molecular formula is C21H27IN4O2. The molecule has 150 valence electrons. The Morgan fingerprint density at radius 3 is 2.46 bits per heavy atom. The van der Waals surface area contributed by atoms with Gasteiger partial charge in [-0.25, -0.2) is 0 Å². The summed E-state index contributed by atoms with van der Waals surface area (Å²) in [6.45, 7) is 5.71. The molecule has 6 nitrogen and oxygen atoms in total. The third kappa shape index (κ3) is 4.68. The number of guanidine groups is 1. The Kier molecular flexibility index (Phi) is 6.98. The smallest absolute Gasteiger partial charge is 0.289 e. The molecule has 2 fully saturated rings. The molecule has 1 aromatic carbocycles. The van der Waals surface area contributed by atoms with Crippen molar-refractivity contribution in [3.05, 3.63) is 60.1 Å². The van der Waals surface area contributed by atoms with Gasteiger partial charge < -0.3 is 19.5 Å². The Balaban J connectivity index is 0.00000225. The standard InChI is InChI=1S/C21H26N4O2.HI/c1-2-22-21(23-18-15-17(18)16-7-4-3-5-8-16)25-12-10-24(11-13-25)20(26)19-9-6-14-27-19;/h3-9,14,17-18H,2,10-13,15H2,1H3,(H,22,23);1H. The minimum atomic E-state index is -0.0343. The third-order valence-electron chi connectivity index (χ3n) is 5.24. The summed E-state index contributed by atoms with van der Waals surface area (Å²) >= 11 is 0. The molecule has 0 spiro atoms. The van der Waals surface area contributed by atoms with Crippen LogP contribution in [0, 0.1) is 0 Å². The molecule has 1 amide bonds. The van der Waals surface area contributed by atoms with Gasteiger partial charge in [-0.05, 0) is 31.0 Å². The predicted octanol–water partition coefficient (Wildman–Crippen LogP) is 3.18. The topological polar surface area (TPSA) is 61.1 Å². The number of halogens is 1. The van der Waals surface area contributed by atoms with Gasteiger partial charge in [0.1, 0.15) is 0 Å². The second-order valence-corrected chi connectivity index (χ2v) is 7.06. The lowest BCUT2D eigenvalue weighted by Crippen LogP contribution is -2.54. The van der Waals surface area contributed by atoms with Crippen LogP contribution in [0.3, 0.4) is 0 Å². The normalized spacial score (nSPS) is 21.8. The monoisotopic (exact) mass is 494 g/mol. The molecular weight excluding hydrogens is 467 g/mol. The summed E-state index contributed by atoms with van der Waals surface area (Å²) in [5.74, 6) is 1.90. The fourth-order valence-electron chi connectivity index (χ4n) is 3.65. The number of hydrogen-bond acceptors (Lipinski definition) is 3. The number of hydrogen-bond donors (Lipinski definition) is 1. The van der Waals surface area contributed by atoms with Crippen molar-refractivity contribution >= 4 is 35.8 Å². The van der Waals surface area contributed by atoms with Crippen LogP contribution < -0.4 is 5.32 Å². The van der Waals surface area contributed by atoms with Gasteiger partial charge in [-0.1, -0.05) is 30.3 Å². The van der Waals surface area contributed by atoms with Gasteiger partial charge in [0.05, 0.1) is 6.26 Å². The minimum Gasteiger partial charge on any atom is -0.459 e. The molecule has 28 heavy (non-hydrogen) atoms. The van der Waals surface area contributed by atoms with Crippen molar-refractivity contribution < 1.29 is 9.21 Å². The number of nitrogens with one attached hydrogen (secondary N) is 1. The largest absolute Gasteiger partial charge is 0.459 e. The predicted molar refractivity (Wildman–Crippen MR) is 120 cm³/mol. The van der Waals surface area contributed by atoms with Crippen LogP contribution in [0.5, 0.6) is 0 Å². The first-order valence-corrected chi connectivity index (χ1v) is 9.70. The summed E-state index contributed by atoms with van der Waals surface area (Å²) in [5.41, 5.74) is 1.39. The lowest BCUT2D eigenvalue weighted by molar-refractivity contribution is 0.0657. The van der Waals surface area contributed by atoms with Gasteiger partial charge in [0.2, 0.25) is 0 Å². The average molecular weight is 494 g/mol. The molecule has 2 heterocycles. The van der Waals surface area contributed by atoms with E-state index in [2.05, 4.69) is 52.5 Å². The van der Waals surface area contributed by atoms with E-state index in [1.54, 1.807) is 12.1 Å². The van der Waals surface area contributed by atoms with Crippen LogP contribution in [0.2, 0.25) is 0 Å². The summed E-state index contributed by atoms with van der Waals surface area (Å²) < 4.78 is 5.24. The SMILES string of the molecule is CCN=C(NC1CC1c1ccccc1)N1CCN(C(=O)c2ccco2)CC1.I. The van der Waals surface area contributed by atoms with Gasteiger partial charge in [0.15, 0.2) is 11.7 Å². The number of nitrogens with zero attached hydrogens (tertiary/aromatic N) is 3. The van der Waals surface area contributed by atoms with E-state index in [1.165, 1.54) is 11.8 Å². The molecule has 1 saturated heterocycles. The van der Waals surface area contributed by atoms with Gasteiger partial charge >= 0.3 is 0 Å². The number of carbonyl (C=O) groups is 1. The highest BCUT2D eigenvalue weighted by molar-refractivity contribution is 14.0. The fourth-order valence-corrected chi connectivity index (χ4v) is 3.65. The quantitative estimate of drug-likeness (QED) is 0.403. The highest BCUT2D eigenvalue weighted by atomic mass is 127. The number of piperazine rings is 1. The molecule has 4 rings (SSSR count). The lowest BCUT2D eigenvalue weighted by atomic mass is 10.1. The van der Waals surface area contributed by atoms with Crippen LogP contribution in [0.1, 0.15) is 35.4 Å². The van der Waals surface area contributed by atoms with E-state index in [1.807, 2.05) is 4.90 Å². The molecule has 2 aliphatic rings. The molecule has 7 heteroatoms. The van der Waals surface area contributed by atoms with E-state index < -0.39 is 0 Å². The zero-order valence-corrected chi connectivity index (χ0v) is 18.4. The van der Waals surface area contributed by atoms with E-state index in [9.17, 15) is 4.79 Å². The van der Waals surface area contributed by atoms with Crippen LogP contribution in [0.25, 0.3) is 0 Å². The number of furan rings is 1. The summed E-state index contributed by atoms with van der Waals surface area (Å²) in [4.78, 5) is 21.2. The second-order valence-electron chi connectivity index (χ2n) is 7.06. The maximum Gasteiger partial charge on any atom is 0.289 e. The van der Waals surface area contributed by atoms with E-state index in [4.69, 9.17) is 4.42 Å². The van der Waals surface area contributed by atoms with Crippen LogP contribution in [0.15, 0.2) is 58.1 Å². The second kappa shape index (κ2) is 9.45. The molecule has 2 unspecified atom stereocenters. The zero-order valence-electron chi connectivity index (χ0n) is 16.1. The van der Waals surface area contributed by atoms with Crippen molar-refractivity contribution in [2.75, 3.05) is 32.7 Å². The van der Waals surface area contributed by atoms with Crippen molar-refractivity contribution in [1.82, 2.24) is 15.1 Å². The Morgan fingerprint density at radius 1 is 1.11 bits per heavy atom. The van der Waals surface area contributed by atoms with Gasteiger partial charge in [-0.3, -0.25) is 9.79 Å². The number of amides is 1. The number of aliphatic imine (C=N–C) groups is 1.